The first-order chi connectivity index (χ1) is 16.1. The van der Waals surface area contributed by atoms with Crippen molar-refractivity contribution in [3.8, 4) is 11.4 Å². The molecule has 5 aromatic rings. The maximum absolute atomic E-state index is 13.0. The third kappa shape index (κ3) is 3.46. The SMILES string of the molecule is CCOC(=O)c1c(C)n(-c2ccccc2)c2c1cc(OC(=O)c1ccco1)c1ccccc12. The van der Waals surface area contributed by atoms with Gasteiger partial charge in [-0.25, -0.2) is 9.59 Å². The van der Waals surface area contributed by atoms with Gasteiger partial charge in [0, 0.05) is 27.5 Å². The van der Waals surface area contributed by atoms with Crippen LogP contribution in [0.15, 0.2) is 83.5 Å². The minimum Gasteiger partial charge on any atom is -0.462 e. The van der Waals surface area contributed by atoms with Crippen molar-refractivity contribution in [1.29, 1.82) is 0 Å². The van der Waals surface area contributed by atoms with Crippen molar-refractivity contribution in [2.24, 2.45) is 0 Å². The molecule has 0 unspecified atom stereocenters. The largest absolute Gasteiger partial charge is 0.462 e. The predicted molar refractivity (Wildman–Crippen MR) is 125 cm³/mol. The van der Waals surface area contributed by atoms with E-state index in [0.717, 1.165) is 27.7 Å². The monoisotopic (exact) mass is 439 g/mol. The molecule has 164 valence electrons. The standard InChI is InChI=1S/C27H21NO5/c1-3-31-27(30)24-17(2)28(18-10-5-4-6-11-18)25-20-13-8-7-12-19(20)23(16-21(24)25)33-26(29)22-14-9-15-32-22/h4-16H,3H2,1-2H3. The van der Waals surface area contributed by atoms with E-state index < -0.39 is 11.9 Å². The number of carbonyl (C=O) groups is 2. The highest BCUT2D eigenvalue weighted by molar-refractivity contribution is 6.17. The van der Waals surface area contributed by atoms with Crippen LogP contribution in [0.2, 0.25) is 0 Å². The second-order valence-electron chi connectivity index (χ2n) is 7.54. The Labute approximate surface area is 189 Å². The van der Waals surface area contributed by atoms with Crippen molar-refractivity contribution < 1.29 is 23.5 Å². The molecule has 0 aliphatic heterocycles. The van der Waals surface area contributed by atoms with Crippen LogP contribution in [-0.4, -0.2) is 23.1 Å². The van der Waals surface area contributed by atoms with E-state index in [4.69, 9.17) is 13.9 Å². The van der Waals surface area contributed by atoms with Gasteiger partial charge in [-0.05, 0) is 44.2 Å². The number of hydrogen-bond acceptors (Lipinski definition) is 5. The summed E-state index contributed by atoms with van der Waals surface area (Å²) in [6.07, 6.45) is 1.42. The fourth-order valence-electron chi connectivity index (χ4n) is 4.22. The predicted octanol–water partition coefficient (Wildman–Crippen LogP) is 6.08. The first kappa shape index (κ1) is 20.6. The molecule has 0 bridgehead atoms. The van der Waals surface area contributed by atoms with Crippen LogP contribution < -0.4 is 4.74 Å². The number of furan rings is 1. The summed E-state index contributed by atoms with van der Waals surface area (Å²) in [4.78, 5) is 25.7. The Balaban J connectivity index is 1.83. The molecule has 2 aromatic heterocycles. The second-order valence-corrected chi connectivity index (χ2v) is 7.54. The highest BCUT2D eigenvalue weighted by atomic mass is 16.5. The van der Waals surface area contributed by atoms with Crippen LogP contribution in [0.4, 0.5) is 0 Å². The first-order valence-electron chi connectivity index (χ1n) is 10.6. The summed E-state index contributed by atoms with van der Waals surface area (Å²) < 4.78 is 18.4. The van der Waals surface area contributed by atoms with E-state index >= 15 is 0 Å². The van der Waals surface area contributed by atoms with Crippen molar-refractivity contribution in [2.75, 3.05) is 6.61 Å². The average Bonchev–Trinajstić information content (AvgIpc) is 3.46. The number of aromatic nitrogens is 1. The molecule has 33 heavy (non-hydrogen) atoms. The van der Waals surface area contributed by atoms with E-state index in [-0.39, 0.29) is 12.4 Å². The summed E-state index contributed by atoms with van der Waals surface area (Å²) in [5.41, 5.74) is 2.95. The van der Waals surface area contributed by atoms with Gasteiger partial charge in [0.15, 0.2) is 0 Å². The van der Waals surface area contributed by atoms with Crippen molar-refractivity contribution in [1.82, 2.24) is 4.57 Å². The second kappa shape index (κ2) is 8.31. The summed E-state index contributed by atoms with van der Waals surface area (Å²) in [5.74, 6) is -0.590. The molecule has 3 aromatic carbocycles. The van der Waals surface area contributed by atoms with Crippen LogP contribution >= 0.6 is 0 Å². The lowest BCUT2D eigenvalue weighted by Gasteiger charge is -2.12. The Kier molecular flexibility index (Phi) is 5.18. The Bertz CT molecular complexity index is 1480. The zero-order valence-electron chi connectivity index (χ0n) is 18.2. The molecule has 6 heteroatoms. The number of nitrogens with zero attached hydrogens (tertiary/aromatic N) is 1. The minimum atomic E-state index is -0.610. The van der Waals surface area contributed by atoms with Gasteiger partial charge in [-0.1, -0.05) is 42.5 Å². The summed E-state index contributed by atoms with van der Waals surface area (Å²) in [6, 6.07) is 22.4. The number of ether oxygens (including phenoxy) is 2. The lowest BCUT2D eigenvalue weighted by molar-refractivity contribution is 0.0527. The van der Waals surface area contributed by atoms with Crippen molar-refractivity contribution in [3.63, 3.8) is 0 Å². The zero-order valence-corrected chi connectivity index (χ0v) is 18.2. The fourth-order valence-corrected chi connectivity index (χ4v) is 4.22. The summed E-state index contributed by atoms with van der Waals surface area (Å²) in [7, 11) is 0. The van der Waals surface area contributed by atoms with Gasteiger partial charge < -0.3 is 18.5 Å². The lowest BCUT2D eigenvalue weighted by Crippen LogP contribution is -2.08. The number of rotatable bonds is 5. The van der Waals surface area contributed by atoms with E-state index in [1.54, 1.807) is 25.1 Å². The molecule has 0 saturated carbocycles. The van der Waals surface area contributed by atoms with Crippen molar-refractivity contribution in [2.45, 2.75) is 13.8 Å². The molecule has 0 spiro atoms. The minimum absolute atomic E-state index is 0.0998. The Morgan fingerprint density at radius 3 is 2.30 bits per heavy atom. The van der Waals surface area contributed by atoms with Gasteiger partial charge in [-0.3, -0.25) is 0 Å². The van der Waals surface area contributed by atoms with E-state index in [1.807, 2.05) is 66.1 Å². The molecule has 6 nitrogen and oxygen atoms in total. The highest BCUT2D eigenvalue weighted by Gasteiger charge is 2.25. The van der Waals surface area contributed by atoms with Crippen LogP contribution in [-0.2, 0) is 4.74 Å². The van der Waals surface area contributed by atoms with Gasteiger partial charge >= 0.3 is 11.9 Å². The maximum Gasteiger partial charge on any atom is 0.379 e. The zero-order chi connectivity index (χ0) is 22.9. The van der Waals surface area contributed by atoms with Crippen LogP contribution in [0.5, 0.6) is 5.75 Å². The smallest absolute Gasteiger partial charge is 0.379 e. The van der Waals surface area contributed by atoms with Crippen LogP contribution in [0.25, 0.3) is 27.4 Å². The van der Waals surface area contributed by atoms with Crippen molar-refractivity contribution >= 4 is 33.6 Å². The molecule has 0 amide bonds. The molecule has 0 N–H and O–H groups in total. The Morgan fingerprint density at radius 1 is 0.879 bits per heavy atom. The van der Waals surface area contributed by atoms with Gasteiger partial charge in [-0.15, -0.1) is 0 Å². The normalized spacial score (nSPS) is 11.1. The lowest BCUT2D eigenvalue weighted by atomic mass is 10.0. The van der Waals surface area contributed by atoms with Gasteiger partial charge in [0.05, 0.1) is 24.0 Å². The van der Waals surface area contributed by atoms with E-state index in [9.17, 15) is 9.59 Å². The Hall–Kier alpha value is -4.32. The maximum atomic E-state index is 13.0. The number of carbonyl (C=O) groups excluding carboxylic acids is 2. The molecule has 5 rings (SSSR count). The molecular weight excluding hydrogens is 418 g/mol. The molecule has 2 heterocycles. The van der Waals surface area contributed by atoms with Crippen LogP contribution in [0, 0.1) is 6.92 Å². The van der Waals surface area contributed by atoms with E-state index in [1.165, 1.54) is 6.26 Å². The molecule has 0 aliphatic carbocycles. The summed E-state index contributed by atoms with van der Waals surface area (Å²) in [6.45, 7) is 3.92. The van der Waals surface area contributed by atoms with Gasteiger partial charge in [0.25, 0.3) is 0 Å². The number of hydrogen-bond donors (Lipinski definition) is 0. The Morgan fingerprint density at radius 2 is 1.61 bits per heavy atom. The highest BCUT2D eigenvalue weighted by Crippen LogP contribution is 2.40. The number of para-hydroxylation sites is 1. The summed E-state index contributed by atoms with van der Waals surface area (Å²) in [5, 5.41) is 2.24. The van der Waals surface area contributed by atoms with Gasteiger partial charge in [0.2, 0.25) is 5.76 Å². The van der Waals surface area contributed by atoms with E-state index in [2.05, 4.69) is 0 Å². The quantitative estimate of drug-likeness (QED) is 0.245. The van der Waals surface area contributed by atoms with Crippen molar-refractivity contribution in [3.05, 3.63) is 96.1 Å². The van der Waals surface area contributed by atoms with Crippen LogP contribution in [0.3, 0.4) is 0 Å². The first-order valence-corrected chi connectivity index (χ1v) is 10.6. The third-order valence-electron chi connectivity index (χ3n) is 5.59. The molecule has 0 radical (unpaired) electrons. The van der Waals surface area contributed by atoms with Crippen LogP contribution in [0.1, 0.15) is 33.5 Å². The van der Waals surface area contributed by atoms with Gasteiger partial charge in [-0.2, -0.15) is 0 Å². The molecule has 0 atom stereocenters. The molecule has 0 fully saturated rings. The average molecular weight is 439 g/mol. The van der Waals surface area contributed by atoms with Gasteiger partial charge in [0.1, 0.15) is 5.75 Å². The number of fused-ring (bicyclic) bond motifs is 3. The van der Waals surface area contributed by atoms with E-state index in [0.29, 0.717) is 16.7 Å². The molecular formula is C27H21NO5. The topological polar surface area (TPSA) is 70.7 Å². The third-order valence-corrected chi connectivity index (χ3v) is 5.59. The number of benzene rings is 3. The fraction of sp³-hybridized carbons (Fsp3) is 0.111. The molecule has 0 saturated heterocycles. The summed E-state index contributed by atoms with van der Waals surface area (Å²) >= 11 is 0. The molecule has 0 aliphatic rings. The number of esters is 2.